The number of aldehydes is 1. The van der Waals surface area contributed by atoms with E-state index in [1.54, 1.807) is 0 Å². The zero-order valence-electron chi connectivity index (χ0n) is 9.00. The highest BCUT2D eigenvalue weighted by Crippen LogP contribution is 2.42. The number of ether oxygens (including phenoxy) is 1. The number of hydrogen-bond donors (Lipinski definition) is 0. The summed E-state index contributed by atoms with van der Waals surface area (Å²) in [7, 11) is 0. The molecule has 3 rings (SSSR count). The predicted molar refractivity (Wildman–Crippen MR) is 68.1 cm³/mol. The van der Waals surface area contributed by atoms with Gasteiger partial charge < -0.3 is 9.53 Å². The first-order valence-corrected chi connectivity index (χ1v) is 5.21. The van der Waals surface area contributed by atoms with Gasteiger partial charge in [0.2, 0.25) is 0 Å². The Morgan fingerprint density at radius 1 is 0.882 bits per heavy atom. The van der Waals surface area contributed by atoms with Crippen molar-refractivity contribution >= 4 is 18.7 Å². The van der Waals surface area contributed by atoms with Crippen molar-refractivity contribution in [2.75, 3.05) is 0 Å². The molecule has 0 bridgehead atoms. The third-order valence-electron chi connectivity index (χ3n) is 2.86. The lowest BCUT2D eigenvalue weighted by atomic mass is 9.89. The Morgan fingerprint density at radius 2 is 1.35 bits per heavy atom. The summed E-state index contributed by atoms with van der Waals surface area (Å²) < 4.78 is 5.75. The van der Waals surface area contributed by atoms with Crippen LogP contribution < -0.4 is 4.74 Å². The largest absolute Gasteiger partial charge is 0.457 e. The number of benzene rings is 2. The maximum atomic E-state index is 11.2. The van der Waals surface area contributed by atoms with Gasteiger partial charge in [-0.2, -0.15) is 0 Å². The molecule has 0 unspecified atom stereocenters. The topological polar surface area (TPSA) is 26.3 Å². The minimum absolute atomic E-state index is 0. The molecule has 0 saturated heterocycles. The number of para-hydroxylation sites is 2. The average molecular weight is 247 g/mol. The number of carbonyl (C=O) groups excluding carboxylic acids is 1. The van der Waals surface area contributed by atoms with Crippen molar-refractivity contribution in [1.29, 1.82) is 0 Å². The fourth-order valence-corrected chi connectivity index (χ4v) is 2.09. The molecule has 0 radical (unpaired) electrons. The molecule has 0 atom stereocenters. The van der Waals surface area contributed by atoms with Crippen molar-refractivity contribution in [3.63, 3.8) is 0 Å². The van der Waals surface area contributed by atoms with E-state index in [2.05, 4.69) is 0 Å². The third-order valence-corrected chi connectivity index (χ3v) is 2.86. The van der Waals surface area contributed by atoms with Gasteiger partial charge in [-0.15, -0.1) is 12.4 Å². The van der Waals surface area contributed by atoms with Gasteiger partial charge in [-0.1, -0.05) is 36.4 Å². The van der Waals surface area contributed by atoms with E-state index in [1.165, 1.54) is 0 Å². The second kappa shape index (κ2) is 4.60. The third kappa shape index (κ3) is 1.81. The first-order chi connectivity index (χ1) is 7.90. The smallest absolute Gasteiger partial charge is 0.132 e. The quantitative estimate of drug-likeness (QED) is 0.720. The monoisotopic (exact) mass is 246 g/mol. The predicted octanol–water partition coefficient (Wildman–Crippen LogP) is 3.54. The average Bonchev–Trinajstić information content (AvgIpc) is 2.36. The standard InChI is InChI=1S/C14H10O2.ClH/c15-9-12-10-5-1-3-7-13(10)16-14-8-4-2-6-11(12)14;/h1-9,12H;1H. The zero-order chi connectivity index (χ0) is 11.0. The van der Waals surface area contributed by atoms with Crippen LogP contribution in [-0.2, 0) is 4.79 Å². The molecule has 1 aliphatic rings. The highest BCUT2D eigenvalue weighted by atomic mass is 35.5. The molecule has 0 spiro atoms. The summed E-state index contributed by atoms with van der Waals surface area (Å²) >= 11 is 0. The number of hydrogen-bond acceptors (Lipinski definition) is 2. The maximum Gasteiger partial charge on any atom is 0.132 e. The Labute approximate surface area is 106 Å². The van der Waals surface area contributed by atoms with Crippen molar-refractivity contribution in [1.82, 2.24) is 0 Å². The summed E-state index contributed by atoms with van der Waals surface area (Å²) in [5.41, 5.74) is 1.88. The molecule has 0 fully saturated rings. The van der Waals surface area contributed by atoms with E-state index in [0.29, 0.717) is 0 Å². The molecular formula is C14H11ClO2. The molecule has 3 heteroatoms. The van der Waals surface area contributed by atoms with Crippen molar-refractivity contribution < 1.29 is 9.53 Å². The van der Waals surface area contributed by atoms with Crippen LogP contribution in [0.15, 0.2) is 48.5 Å². The van der Waals surface area contributed by atoms with E-state index in [1.807, 2.05) is 48.5 Å². The molecule has 1 aliphatic heterocycles. The van der Waals surface area contributed by atoms with Gasteiger partial charge in [0.05, 0.1) is 5.92 Å². The highest BCUT2D eigenvalue weighted by molar-refractivity contribution is 5.85. The molecule has 0 N–H and O–H groups in total. The molecule has 2 aromatic rings. The highest BCUT2D eigenvalue weighted by Gasteiger charge is 2.25. The van der Waals surface area contributed by atoms with Gasteiger partial charge in [0.1, 0.15) is 17.8 Å². The van der Waals surface area contributed by atoms with Crippen LogP contribution >= 0.6 is 12.4 Å². The SMILES string of the molecule is Cl.O=CC1c2ccccc2Oc2ccccc21. The number of rotatable bonds is 1. The summed E-state index contributed by atoms with van der Waals surface area (Å²) in [6, 6.07) is 15.3. The van der Waals surface area contributed by atoms with E-state index in [-0.39, 0.29) is 18.3 Å². The molecule has 86 valence electrons. The summed E-state index contributed by atoms with van der Waals surface area (Å²) in [5.74, 6) is 1.35. The second-order valence-corrected chi connectivity index (χ2v) is 3.79. The lowest BCUT2D eigenvalue weighted by molar-refractivity contribution is -0.108. The summed E-state index contributed by atoms with van der Waals surface area (Å²) in [6.07, 6.45) is 0.972. The van der Waals surface area contributed by atoms with E-state index in [4.69, 9.17) is 4.74 Å². The van der Waals surface area contributed by atoms with Gasteiger partial charge in [-0.25, -0.2) is 0 Å². The summed E-state index contributed by atoms with van der Waals surface area (Å²) in [5, 5.41) is 0. The molecule has 2 nitrogen and oxygen atoms in total. The fourth-order valence-electron chi connectivity index (χ4n) is 2.09. The van der Waals surface area contributed by atoms with Crippen LogP contribution in [0.2, 0.25) is 0 Å². The van der Waals surface area contributed by atoms with Crippen LogP contribution in [0.3, 0.4) is 0 Å². The van der Waals surface area contributed by atoms with Crippen LogP contribution in [0.5, 0.6) is 11.5 Å². The Hall–Kier alpha value is -1.80. The Bertz CT molecular complexity index is 506. The molecule has 0 saturated carbocycles. The number of carbonyl (C=O) groups is 1. The van der Waals surface area contributed by atoms with Crippen LogP contribution in [0.1, 0.15) is 17.0 Å². The van der Waals surface area contributed by atoms with E-state index in [9.17, 15) is 4.79 Å². The Kier molecular flexibility index (Phi) is 3.16. The second-order valence-electron chi connectivity index (χ2n) is 3.79. The van der Waals surface area contributed by atoms with Crippen LogP contribution in [0.25, 0.3) is 0 Å². The van der Waals surface area contributed by atoms with E-state index >= 15 is 0 Å². The Morgan fingerprint density at radius 3 is 1.82 bits per heavy atom. The molecule has 0 aromatic heterocycles. The molecule has 17 heavy (non-hydrogen) atoms. The minimum atomic E-state index is -0.207. The van der Waals surface area contributed by atoms with Gasteiger partial charge in [0, 0.05) is 11.1 Å². The molecule has 1 heterocycles. The molecule has 2 aromatic carbocycles. The molecule has 0 aliphatic carbocycles. The Balaban J connectivity index is 0.00000108. The van der Waals surface area contributed by atoms with Crippen LogP contribution in [0, 0.1) is 0 Å². The van der Waals surface area contributed by atoms with Gasteiger partial charge >= 0.3 is 0 Å². The van der Waals surface area contributed by atoms with Crippen LogP contribution in [0.4, 0.5) is 0 Å². The summed E-state index contributed by atoms with van der Waals surface area (Å²) in [6.45, 7) is 0. The van der Waals surface area contributed by atoms with Gasteiger partial charge in [0.25, 0.3) is 0 Å². The molecule has 0 amide bonds. The van der Waals surface area contributed by atoms with E-state index < -0.39 is 0 Å². The van der Waals surface area contributed by atoms with E-state index in [0.717, 1.165) is 28.9 Å². The van der Waals surface area contributed by atoms with Crippen molar-refractivity contribution in [2.24, 2.45) is 0 Å². The van der Waals surface area contributed by atoms with Crippen molar-refractivity contribution in [2.45, 2.75) is 5.92 Å². The van der Waals surface area contributed by atoms with Crippen molar-refractivity contribution in [3.8, 4) is 11.5 Å². The van der Waals surface area contributed by atoms with Crippen LogP contribution in [-0.4, -0.2) is 6.29 Å². The summed E-state index contributed by atoms with van der Waals surface area (Å²) in [4.78, 5) is 11.2. The zero-order valence-corrected chi connectivity index (χ0v) is 9.81. The lowest BCUT2D eigenvalue weighted by Crippen LogP contribution is -2.10. The van der Waals surface area contributed by atoms with Gasteiger partial charge in [-0.05, 0) is 12.1 Å². The first-order valence-electron chi connectivity index (χ1n) is 5.21. The normalized spacial score (nSPS) is 12.7. The number of halogens is 1. The number of fused-ring (bicyclic) bond motifs is 2. The molecular weight excluding hydrogens is 236 g/mol. The van der Waals surface area contributed by atoms with Crippen molar-refractivity contribution in [3.05, 3.63) is 59.7 Å². The first kappa shape index (κ1) is 11.7. The lowest BCUT2D eigenvalue weighted by Gasteiger charge is -2.24. The minimum Gasteiger partial charge on any atom is -0.457 e. The maximum absolute atomic E-state index is 11.2. The van der Waals surface area contributed by atoms with Gasteiger partial charge in [-0.3, -0.25) is 0 Å². The van der Waals surface area contributed by atoms with Gasteiger partial charge in [0.15, 0.2) is 0 Å². The fraction of sp³-hybridized carbons (Fsp3) is 0.0714.